The van der Waals surface area contributed by atoms with Gasteiger partial charge >= 0.3 is 0 Å². The van der Waals surface area contributed by atoms with Crippen molar-refractivity contribution in [3.63, 3.8) is 0 Å². The van der Waals surface area contributed by atoms with Crippen LogP contribution >= 0.6 is 11.6 Å². The third kappa shape index (κ3) is 3.15. The number of nitrogens with zero attached hydrogens (tertiary/aromatic N) is 1. The Hall–Kier alpha value is -1.81. The lowest BCUT2D eigenvalue weighted by Gasteiger charge is -2.18. The van der Waals surface area contributed by atoms with E-state index in [1.165, 1.54) is 0 Å². The van der Waals surface area contributed by atoms with E-state index in [0.29, 0.717) is 17.2 Å². The van der Waals surface area contributed by atoms with Crippen LogP contribution in [-0.2, 0) is 0 Å². The average Bonchev–Trinajstić information content (AvgIpc) is 2.41. The number of nitrogens with one attached hydrogen (secondary N) is 1. The highest BCUT2D eigenvalue weighted by atomic mass is 35.5. The molecule has 3 N–H and O–H groups in total. The predicted molar refractivity (Wildman–Crippen MR) is 78.0 cm³/mol. The lowest BCUT2D eigenvalue weighted by atomic mass is 10.1. The van der Waals surface area contributed by atoms with Gasteiger partial charge in [0.15, 0.2) is 0 Å². The summed E-state index contributed by atoms with van der Waals surface area (Å²) in [4.78, 5) is 4.31. The van der Waals surface area contributed by atoms with Crippen LogP contribution in [0.5, 0.6) is 5.75 Å². The second-order valence-electron chi connectivity index (χ2n) is 4.32. The number of hydrogen-bond donors (Lipinski definition) is 2. The van der Waals surface area contributed by atoms with Gasteiger partial charge < -0.3 is 10.5 Å². The molecule has 2 aromatic rings. The molecule has 0 aliphatic carbocycles. The lowest BCUT2D eigenvalue weighted by Crippen LogP contribution is -2.24. The average molecular weight is 278 g/mol. The van der Waals surface area contributed by atoms with Gasteiger partial charge in [0.2, 0.25) is 0 Å². The van der Waals surface area contributed by atoms with E-state index in [-0.39, 0.29) is 11.9 Å². The maximum atomic E-state index is 7.35. The number of aromatic nitrogens is 1. The van der Waals surface area contributed by atoms with Crippen LogP contribution in [0.4, 0.5) is 0 Å². The molecule has 0 aliphatic heterocycles. The summed E-state index contributed by atoms with van der Waals surface area (Å²) in [7, 11) is 0. The van der Waals surface area contributed by atoms with Crippen LogP contribution in [0.1, 0.15) is 19.8 Å². The van der Waals surface area contributed by atoms with Crippen LogP contribution < -0.4 is 10.5 Å². The fourth-order valence-corrected chi connectivity index (χ4v) is 2.12. The largest absolute Gasteiger partial charge is 0.488 e. The highest BCUT2D eigenvalue weighted by molar-refractivity contribution is 6.35. The third-order valence-corrected chi connectivity index (χ3v) is 3.21. The first kappa shape index (κ1) is 13.6. The molecular formula is C14H16ClN3O. The van der Waals surface area contributed by atoms with Gasteiger partial charge in [0, 0.05) is 18.0 Å². The number of amidine groups is 1. The van der Waals surface area contributed by atoms with Crippen molar-refractivity contribution in [2.75, 3.05) is 0 Å². The zero-order valence-corrected chi connectivity index (χ0v) is 11.4. The minimum atomic E-state index is -0.121. The van der Waals surface area contributed by atoms with Crippen molar-refractivity contribution in [2.45, 2.75) is 25.9 Å². The number of ether oxygens (including phenoxy) is 1. The molecule has 4 nitrogen and oxygen atoms in total. The molecule has 0 radical (unpaired) electrons. The van der Waals surface area contributed by atoms with E-state index in [9.17, 15) is 0 Å². The molecular weight excluding hydrogens is 262 g/mol. The number of fused-ring (bicyclic) bond motifs is 1. The van der Waals surface area contributed by atoms with Gasteiger partial charge in [-0.3, -0.25) is 10.4 Å². The lowest BCUT2D eigenvalue weighted by molar-refractivity contribution is 0.207. The smallest absolute Gasteiger partial charge is 0.146 e. The van der Waals surface area contributed by atoms with Crippen molar-refractivity contribution in [3.8, 4) is 5.75 Å². The van der Waals surface area contributed by atoms with Crippen molar-refractivity contribution < 1.29 is 4.74 Å². The summed E-state index contributed by atoms with van der Waals surface area (Å²) >= 11 is 6.13. The molecule has 0 spiro atoms. The number of pyridine rings is 1. The second kappa shape index (κ2) is 5.89. The normalized spacial score (nSPS) is 12.3. The Morgan fingerprint density at radius 2 is 2.26 bits per heavy atom. The van der Waals surface area contributed by atoms with Crippen molar-refractivity contribution in [1.29, 1.82) is 5.41 Å². The topological polar surface area (TPSA) is 72.0 Å². The van der Waals surface area contributed by atoms with Crippen LogP contribution in [0.3, 0.4) is 0 Å². The van der Waals surface area contributed by atoms with E-state index in [0.717, 1.165) is 17.3 Å². The van der Waals surface area contributed by atoms with Crippen LogP contribution in [0.15, 0.2) is 30.5 Å². The summed E-state index contributed by atoms with van der Waals surface area (Å²) < 4.78 is 5.90. The number of rotatable bonds is 5. The minimum absolute atomic E-state index is 0.121. The molecule has 1 heterocycles. The zero-order chi connectivity index (χ0) is 13.8. The van der Waals surface area contributed by atoms with Crippen LogP contribution in [0.2, 0.25) is 5.02 Å². The van der Waals surface area contributed by atoms with E-state index in [2.05, 4.69) is 4.98 Å². The summed E-state index contributed by atoms with van der Waals surface area (Å²) in [6.07, 6.45) is 2.77. The first-order valence-electron chi connectivity index (χ1n) is 6.14. The van der Waals surface area contributed by atoms with Crippen LogP contribution in [0.25, 0.3) is 10.9 Å². The number of nitrogens with two attached hydrogens (primary N) is 1. The molecule has 0 saturated heterocycles. The maximum absolute atomic E-state index is 7.35. The van der Waals surface area contributed by atoms with Gasteiger partial charge in [-0.25, -0.2) is 0 Å². The molecule has 100 valence electrons. The summed E-state index contributed by atoms with van der Waals surface area (Å²) in [6, 6.07) is 7.34. The Balaban J connectivity index is 2.35. The van der Waals surface area contributed by atoms with Gasteiger partial charge in [-0.05, 0) is 30.7 Å². The van der Waals surface area contributed by atoms with Crippen molar-refractivity contribution in [2.24, 2.45) is 5.73 Å². The summed E-state index contributed by atoms with van der Waals surface area (Å²) in [5, 5.41) is 8.86. The van der Waals surface area contributed by atoms with Gasteiger partial charge in [0.1, 0.15) is 17.4 Å². The highest BCUT2D eigenvalue weighted by Gasteiger charge is 2.13. The molecule has 0 amide bonds. The van der Waals surface area contributed by atoms with E-state index < -0.39 is 0 Å². The summed E-state index contributed by atoms with van der Waals surface area (Å²) in [6.45, 7) is 2.00. The van der Waals surface area contributed by atoms with Crippen molar-refractivity contribution in [1.82, 2.24) is 4.98 Å². The third-order valence-electron chi connectivity index (χ3n) is 2.88. The van der Waals surface area contributed by atoms with Gasteiger partial charge in [-0.15, -0.1) is 0 Å². The van der Waals surface area contributed by atoms with Crippen molar-refractivity contribution >= 4 is 28.3 Å². The number of benzene rings is 1. The molecule has 2 rings (SSSR count). The monoisotopic (exact) mass is 277 g/mol. The molecule has 1 aromatic carbocycles. The first-order valence-corrected chi connectivity index (χ1v) is 6.52. The first-order chi connectivity index (χ1) is 9.11. The Labute approximate surface area is 117 Å². The SMILES string of the molecule is CCC(CC(=N)N)Oc1ccc(Cl)c2cccnc12. The molecule has 1 atom stereocenters. The van der Waals surface area contributed by atoms with E-state index in [1.54, 1.807) is 18.3 Å². The molecule has 1 aromatic heterocycles. The van der Waals surface area contributed by atoms with E-state index in [1.807, 2.05) is 19.1 Å². The van der Waals surface area contributed by atoms with E-state index in [4.69, 9.17) is 27.5 Å². The Morgan fingerprint density at radius 1 is 1.47 bits per heavy atom. The molecule has 0 bridgehead atoms. The Morgan fingerprint density at radius 3 is 2.95 bits per heavy atom. The predicted octanol–water partition coefficient (Wildman–Crippen LogP) is 3.37. The van der Waals surface area contributed by atoms with Gasteiger partial charge in [0.05, 0.1) is 10.9 Å². The number of hydrogen-bond acceptors (Lipinski definition) is 3. The van der Waals surface area contributed by atoms with Crippen molar-refractivity contribution in [3.05, 3.63) is 35.5 Å². The van der Waals surface area contributed by atoms with Gasteiger partial charge in [-0.1, -0.05) is 18.5 Å². The fourth-order valence-electron chi connectivity index (χ4n) is 1.90. The fraction of sp³-hybridized carbons (Fsp3) is 0.286. The molecule has 19 heavy (non-hydrogen) atoms. The Kier molecular flexibility index (Phi) is 4.22. The summed E-state index contributed by atoms with van der Waals surface area (Å²) in [5.41, 5.74) is 6.16. The maximum Gasteiger partial charge on any atom is 0.146 e. The minimum Gasteiger partial charge on any atom is -0.488 e. The number of halogens is 1. The second-order valence-corrected chi connectivity index (χ2v) is 4.73. The summed E-state index contributed by atoms with van der Waals surface area (Å²) in [5.74, 6) is 0.797. The highest BCUT2D eigenvalue weighted by Crippen LogP contribution is 2.30. The zero-order valence-electron chi connectivity index (χ0n) is 10.7. The van der Waals surface area contributed by atoms with Gasteiger partial charge in [-0.2, -0.15) is 0 Å². The van der Waals surface area contributed by atoms with Crippen LogP contribution in [0, 0.1) is 5.41 Å². The van der Waals surface area contributed by atoms with E-state index >= 15 is 0 Å². The quantitative estimate of drug-likeness (QED) is 0.650. The van der Waals surface area contributed by atoms with Gasteiger partial charge in [0.25, 0.3) is 0 Å². The molecule has 1 unspecified atom stereocenters. The molecule has 0 aliphatic rings. The Bertz CT molecular complexity index is 600. The molecule has 0 saturated carbocycles. The molecule has 5 heteroatoms. The standard InChI is InChI=1S/C14H16ClN3O/c1-2-9(8-13(16)17)19-12-6-5-11(15)10-4-3-7-18-14(10)12/h3-7,9H,2,8H2,1H3,(H3,16,17). The van der Waals surface area contributed by atoms with Crippen LogP contribution in [-0.4, -0.2) is 16.9 Å². The molecule has 0 fully saturated rings.